The van der Waals surface area contributed by atoms with Gasteiger partial charge in [0, 0.05) is 49.7 Å². The normalized spacial score (nSPS) is 19.1. The predicted octanol–water partition coefficient (Wildman–Crippen LogP) is 4.57. The first-order chi connectivity index (χ1) is 18.3. The monoisotopic (exact) mass is 558 g/mol. The van der Waals surface area contributed by atoms with Crippen LogP contribution in [-0.2, 0) is 23.0 Å². The van der Waals surface area contributed by atoms with Gasteiger partial charge in [0.1, 0.15) is 5.00 Å². The summed E-state index contributed by atoms with van der Waals surface area (Å²) in [6, 6.07) is 6.17. The number of likely N-dealkylation sites (tertiary alicyclic amines) is 1. The molecule has 3 aliphatic rings. The summed E-state index contributed by atoms with van der Waals surface area (Å²) < 4.78 is 27.9. The topological polar surface area (TPSA) is 90.0 Å². The summed E-state index contributed by atoms with van der Waals surface area (Å²) in [5.74, 6) is -0.330. The SMILES string of the molecule is CCN1CCc2c(sc(NC(=O)c3ccc(S(=O)(=O)N(C)C4CCCCC4)cc3)c2C(=O)N2CCCC2)C1. The Balaban J connectivity index is 1.36. The molecule has 2 fully saturated rings. The Morgan fingerprint density at radius 1 is 1.03 bits per heavy atom. The molecule has 8 nitrogen and oxygen atoms in total. The van der Waals surface area contributed by atoms with E-state index in [0.29, 0.717) is 16.1 Å². The van der Waals surface area contributed by atoms with Gasteiger partial charge in [-0.25, -0.2) is 8.42 Å². The molecule has 1 N–H and O–H groups in total. The summed E-state index contributed by atoms with van der Waals surface area (Å²) in [5, 5.41) is 3.61. The number of sulfonamides is 1. The lowest BCUT2D eigenvalue weighted by atomic mass is 9.96. The van der Waals surface area contributed by atoms with Crippen molar-refractivity contribution in [3.05, 3.63) is 45.8 Å². The minimum absolute atomic E-state index is 0.00689. The zero-order valence-corrected chi connectivity index (χ0v) is 24.0. The van der Waals surface area contributed by atoms with Crippen molar-refractivity contribution in [2.45, 2.75) is 75.8 Å². The molecule has 2 amide bonds. The summed E-state index contributed by atoms with van der Waals surface area (Å²) in [5.41, 5.74) is 2.08. The van der Waals surface area contributed by atoms with E-state index in [1.165, 1.54) is 27.8 Å². The second kappa shape index (κ2) is 11.5. The number of carbonyl (C=O) groups excluding carboxylic acids is 2. The number of thiophene rings is 1. The molecule has 2 aliphatic heterocycles. The average Bonchev–Trinajstić information content (AvgIpc) is 3.60. The summed E-state index contributed by atoms with van der Waals surface area (Å²) in [7, 11) is -1.97. The van der Waals surface area contributed by atoms with Gasteiger partial charge in [0.15, 0.2) is 0 Å². The van der Waals surface area contributed by atoms with E-state index in [9.17, 15) is 18.0 Å². The van der Waals surface area contributed by atoms with Crippen molar-refractivity contribution in [2.24, 2.45) is 0 Å². The van der Waals surface area contributed by atoms with Crippen LogP contribution >= 0.6 is 11.3 Å². The number of amides is 2. The van der Waals surface area contributed by atoms with Gasteiger partial charge in [0.25, 0.3) is 11.8 Å². The molecule has 3 heterocycles. The second-order valence-corrected chi connectivity index (χ2v) is 13.7. The second-order valence-electron chi connectivity index (χ2n) is 10.6. The molecule has 1 aromatic heterocycles. The summed E-state index contributed by atoms with van der Waals surface area (Å²) in [6.45, 7) is 6.27. The fraction of sp³-hybridized carbons (Fsp3) is 0.571. The van der Waals surface area contributed by atoms with Crippen LogP contribution in [-0.4, -0.2) is 73.6 Å². The summed E-state index contributed by atoms with van der Waals surface area (Å²) in [6.07, 6.45) is 7.84. The molecule has 10 heteroatoms. The van der Waals surface area contributed by atoms with Crippen molar-refractivity contribution < 1.29 is 18.0 Å². The van der Waals surface area contributed by atoms with Crippen LogP contribution in [0.3, 0.4) is 0 Å². The third kappa shape index (κ3) is 5.41. The van der Waals surface area contributed by atoms with E-state index in [1.807, 2.05) is 4.90 Å². The fourth-order valence-corrected chi connectivity index (χ4v) is 8.57. The number of hydrogen-bond acceptors (Lipinski definition) is 6. The van der Waals surface area contributed by atoms with Crippen LogP contribution in [0.15, 0.2) is 29.2 Å². The molecule has 1 saturated carbocycles. The Hall–Kier alpha value is -2.27. The Morgan fingerprint density at radius 3 is 2.37 bits per heavy atom. The number of benzene rings is 1. The Bertz CT molecular complexity index is 1280. The van der Waals surface area contributed by atoms with Crippen LogP contribution in [0.5, 0.6) is 0 Å². The standard InChI is InChI=1S/C28H38N4O4S2/c1-3-31-18-15-23-24(19-31)37-27(25(23)28(34)32-16-7-8-17-32)29-26(33)20-11-13-22(14-12-20)38(35,36)30(2)21-9-5-4-6-10-21/h11-14,21H,3-10,15-19H2,1-2H3,(H,29,33). The average molecular weight is 559 g/mol. The van der Waals surface area contributed by atoms with Crippen molar-refractivity contribution >= 4 is 38.2 Å². The molecule has 206 valence electrons. The molecular weight excluding hydrogens is 520 g/mol. The Kier molecular flexibility index (Phi) is 8.23. The van der Waals surface area contributed by atoms with E-state index in [4.69, 9.17) is 0 Å². The molecule has 0 spiro atoms. The van der Waals surface area contributed by atoms with Gasteiger partial charge in [-0.1, -0.05) is 26.2 Å². The maximum absolute atomic E-state index is 13.5. The van der Waals surface area contributed by atoms with Crippen molar-refractivity contribution in [3.8, 4) is 0 Å². The van der Waals surface area contributed by atoms with Crippen LogP contribution < -0.4 is 5.32 Å². The third-order valence-corrected chi connectivity index (χ3v) is 11.4. The molecule has 0 unspecified atom stereocenters. The van der Waals surface area contributed by atoms with Crippen molar-refractivity contribution in [2.75, 3.05) is 38.5 Å². The molecule has 2 aromatic rings. The predicted molar refractivity (Wildman–Crippen MR) is 150 cm³/mol. The maximum atomic E-state index is 13.5. The Labute approximate surface area is 230 Å². The quantitative estimate of drug-likeness (QED) is 0.538. The van der Waals surface area contributed by atoms with Crippen LogP contribution in [0.2, 0.25) is 0 Å². The van der Waals surface area contributed by atoms with E-state index < -0.39 is 10.0 Å². The number of nitrogens with zero attached hydrogens (tertiary/aromatic N) is 3. The fourth-order valence-electron chi connectivity index (χ4n) is 5.88. The minimum Gasteiger partial charge on any atom is -0.339 e. The smallest absolute Gasteiger partial charge is 0.257 e. The van der Waals surface area contributed by atoms with Gasteiger partial charge in [-0.2, -0.15) is 4.31 Å². The largest absolute Gasteiger partial charge is 0.339 e. The van der Waals surface area contributed by atoms with E-state index in [-0.39, 0.29) is 22.8 Å². The van der Waals surface area contributed by atoms with Crippen LogP contribution in [0.1, 0.15) is 83.0 Å². The van der Waals surface area contributed by atoms with Crippen molar-refractivity contribution in [1.82, 2.24) is 14.1 Å². The minimum atomic E-state index is -3.63. The van der Waals surface area contributed by atoms with Gasteiger partial charge in [0.05, 0.1) is 10.5 Å². The highest BCUT2D eigenvalue weighted by atomic mass is 32.2. The summed E-state index contributed by atoms with van der Waals surface area (Å²) in [4.78, 5) is 32.4. The highest BCUT2D eigenvalue weighted by molar-refractivity contribution is 7.89. The van der Waals surface area contributed by atoms with Gasteiger partial charge in [-0.3, -0.25) is 14.5 Å². The van der Waals surface area contributed by atoms with Crippen LogP contribution in [0, 0.1) is 0 Å². The van der Waals surface area contributed by atoms with Crippen LogP contribution in [0.4, 0.5) is 5.00 Å². The molecule has 0 radical (unpaired) electrons. The molecule has 38 heavy (non-hydrogen) atoms. The zero-order chi connectivity index (χ0) is 26.9. The number of rotatable bonds is 7. The lowest BCUT2D eigenvalue weighted by Crippen LogP contribution is -2.38. The van der Waals surface area contributed by atoms with E-state index in [1.54, 1.807) is 19.2 Å². The van der Waals surface area contributed by atoms with Gasteiger partial charge in [0.2, 0.25) is 10.0 Å². The molecule has 5 rings (SSSR count). The number of nitrogens with one attached hydrogen (secondary N) is 1. The van der Waals surface area contributed by atoms with Gasteiger partial charge in [-0.15, -0.1) is 11.3 Å². The van der Waals surface area contributed by atoms with E-state index in [2.05, 4.69) is 17.1 Å². The van der Waals surface area contributed by atoms with Gasteiger partial charge in [-0.05, 0) is 68.5 Å². The number of carbonyl (C=O) groups is 2. The number of fused-ring (bicyclic) bond motifs is 1. The van der Waals surface area contributed by atoms with Crippen LogP contribution in [0.25, 0.3) is 0 Å². The maximum Gasteiger partial charge on any atom is 0.257 e. The van der Waals surface area contributed by atoms with Crippen molar-refractivity contribution in [1.29, 1.82) is 0 Å². The highest BCUT2D eigenvalue weighted by Crippen LogP contribution is 2.38. The first-order valence-electron chi connectivity index (χ1n) is 13.8. The number of anilines is 1. The van der Waals surface area contributed by atoms with Gasteiger partial charge < -0.3 is 10.2 Å². The lowest BCUT2D eigenvalue weighted by molar-refractivity contribution is 0.0792. The number of hydrogen-bond donors (Lipinski definition) is 1. The zero-order valence-electron chi connectivity index (χ0n) is 22.4. The molecular formula is C28H38N4O4S2. The number of likely N-dealkylation sites (N-methyl/N-ethyl adjacent to an activating group) is 1. The lowest BCUT2D eigenvalue weighted by Gasteiger charge is -2.30. The van der Waals surface area contributed by atoms with Gasteiger partial charge >= 0.3 is 0 Å². The van der Waals surface area contributed by atoms with E-state index in [0.717, 1.165) is 94.5 Å². The first kappa shape index (κ1) is 27.3. The highest BCUT2D eigenvalue weighted by Gasteiger charge is 2.32. The van der Waals surface area contributed by atoms with E-state index >= 15 is 0 Å². The molecule has 1 saturated heterocycles. The first-order valence-corrected chi connectivity index (χ1v) is 16.1. The molecule has 1 aromatic carbocycles. The molecule has 0 bridgehead atoms. The summed E-state index contributed by atoms with van der Waals surface area (Å²) >= 11 is 1.49. The molecule has 0 atom stereocenters. The third-order valence-electron chi connectivity index (χ3n) is 8.30. The van der Waals surface area contributed by atoms with Crippen molar-refractivity contribution in [3.63, 3.8) is 0 Å². The molecule has 1 aliphatic carbocycles. The Morgan fingerprint density at radius 2 is 1.71 bits per heavy atom.